The Hall–Kier alpha value is -2.27. The quantitative estimate of drug-likeness (QED) is 0.836. The molecule has 0 aliphatic carbocycles. The van der Waals surface area contributed by atoms with E-state index in [0.717, 1.165) is 5.56 Å². The Bertz CT molecular complexity index is 572. The second-order valence-corrected chi connectivity index (χ2v) is 4.45. The summed E-state index contributed by atoms with van der Waals surface area (Å²) in [6, 6.07) is 12.7. The van der Waals surface area contributed by atoms with E-state index in [4.69, 9.17) is 18.0 Å². The fraction of sp³-hybridized carbons (Fsp3) is 0.0714. The van der Waals surface area contributed by atoms with Crippen molar-refractivity contribution in [3.05, 3.63) is 60.4 Å². The van der Waals surface area contributed by atoms with Crippen LogP contribution in [0.2, 0.25) is 0 Å². The summed E-state index contributed by atoms with van der Waals surface area (Å²) in [6.45, 7) is 0. The van der Waals surface area contributed by atoms with Crippen LogP contribution in [-0.4, -0.2) is 15.9 Å². The Morgan fingerprint density at radius 2 is 1.95 bits per heavy atom. The molecular weight excluding hydrogens is 258 g/mol. The molecule has 1 unspecified atom stereocenters. The minimum atomic E-state index is -0.642. The third kappa shape index (κ3) is 3.35. The zero-order valence-electron chi connectivity index (χ0n) is 10.1. The van der Waals surface area contributed by atoms with Gasteiger partial charge in [0, 0.05) is 6.20 Å². The number of hydrogen-bond acceptors (Lipinski definition) is 3. The van der Waals surface area contributed by atoms with E-state index in [1.165, 1.54) is 0 Å². The molecule has 0 bridgehead atoms. The number of benzene rings is 1. The van der Waals surface area contributed by atoms with Gasteiger partial charge in [-0.15, -0.1) is 0 Å². The number of amides is 1. The van der Waals surface area contributed by atoms with Gasteiger partial charge in [0.1, 0.15) is 5.92 Å². The highest BCUT2D eigenvalue weighted by Crippen LogP contribution is 2.18. The molecular formula is C14H13N3OS. The van der Waals surface area contributed by atoms with Gasteiger partial charge in [0.25, 0.3) is 0 Å². The molecule has 0 saturated heterocycles. The normalized spacial score (nSPS) is 11.6. The maximum atomic E-state index is 12.2. The van der Waals surface area contributed by atoms with Crippen LogP contribution in [0.15, 0.2) is 54.9 Å². The first-order valence-electron chi connectivity index (χ1n) is 5.73. The van der Waals surface area contributed by atoms with Gasteiger partial charge in [0.05, 0.1) is 16.9 Å². The topological polar surface area (TPSA) is 68.0 Å². The van der Waals surface area contributed by atoms with Crippen molar-refractivity contribution in [1.82, 2.24) is 4.98 Å². The molecule has 0 spiro atoms. The van der Waals surface area contributed by atoms with Crippen LogP contribution >= 0.6 is 12.2 Å². The average Bonchev–Trinajstić information content (AvgIpc) is 2.40. The largest absolute Gasteiger partial charge is 0.392 e. The Balaban J connectivity index is 2.21. The van der Waals surface area contributed by atoms with Crippen LogP contribution < -0.4 is 11.1 Å². The van der Waals surface area contributed by atoms with E-state index in [1.807, 2.05) is 30.3 Å². The molecule has 1 atom stereocenters. The number of rotatable bonds is 4. The van der Waals surface area contributed by atoms with Crippen LogP contribution in [0, 0.1) is 0 Å². The van der Waals surface area contributed by atoms with Gasteiger partial charge in [0.15, 0.2) is 0 Å². The van der Waals surface area contributed by atoms with Gasteiger partial charge in [-0.1, -0.05) is 42.5 Å². The van der Waals surface area contributed by atoms with Crippen LogP contribution in [0.4, 0.5) is 5.69 Å². The zero-order chi connectivity index (χ0) is 13.7. The molecule has 0 aliphatic rings. The Labute approximate surface area is 116 Å². The van der Waals surface area contributed by atoms with Gasteiger partial charge in [0.2, 0.25) is 5.91 Å². The number of carbonyl (C=O) groups is 1. The molecule has 0 aliphatic heterocycles. The summed E-state index contributed by atoms with van der Waals surface area (Å²) in [4.78, 5) is 16.3. The van der Waals surface area contributed by atoms with Crippen LogP contribution in [0.3, 0.4) is 0 Å². The first kappa shape index (κ1) is 13.2. The van der Waals surface area contributed by atoms with Crippen molar-refractivity contribution < 1.29 is 4.79 Å². The van der Waals surface area contributed by atoms with Crippen molar-refractivity contribution in [2.75, 3.05) is 5.32 Å². The molecule has 0 saturated carbocycles. The fourth-order valence-corrected chi connectivity index (χ4v) is 1.98. The van der Waals surface area contributed by atoms with Crippen molar-refractivity contribution in [2.24, 2.45) is 5.73 Å². The van der Waals surface area contributed by atoms with Crippen molar-refractivity contribution >= 4 is 28.8 Å². The van der Waals surface area contributed by atoms with Crippen molar-refractivity contribution in [2.45, 2.75) is 5.92 Å². The summed E-state index contributed by atoms with van der Waals surface area (Å²) in [6.07, 6.45) is 3.21. The molecule has 0 radical (unpaired) electrons. The average molecular weight is 271 g/mol. The summed E-state index contributed by atoms with van der Waals surface area (Å²) < 4.78 is 0. The molecule has 1 aromatic carbocycles. The molecule has 0 fully saturated rings. The van der Waals surface area contributed by atoms with Crippen LogP contribution in [0.5, 0.6) is 0 Å². The highest BCUT2D eigenvalue weighted by molar-refractivity contribution is 7.80. The number of carbonyl (C=O) groups excluding carboxylic acids is 1. The van der Waals surface area contributed by atoms with Crippen LogP contribution in [-0.2, 0) is 4.79 Å². The van der Waals surface area contributed by atoms with Gasteiger partial charge >= 0.3 is 0 Å². The van der Waals surface area contributed by atoms with Crippen LogP contribution in [0.1, 0.15) is 11.5 Å². The predicted molar refractivity (Wildman–Crippen MR) is 78.8 cm³/mol. The highest BCUT2D eigenvalue weighted by Gasteiger charge is 2.23. The third-order valence-corrected chi connectivity index (χ3v) is 2.84. The van der Waals surface area contributed by atoms with E-state index in [0.29, 0.717) is 5.69 Å². The molecule has 96 valence electrons. The second kappa shape index (κ2) is 6.06. The Morgan fingerprint density at radius 3 is 2.53 bits per heavy atom. The molecule has 2 aromatic rings. The number of nitrogens with zero attached hydrogens (tertiary/aromatic N) is 1. The summed E-state index contributed by atoms with van der Waals surface area (Å²) in [5.74, 6) is -0.900. The molecule has 5 heteroatoms. The standard InChI is InChI=1S/C14H13N3OS/c15-13(19)12(10-5-2-1-3-6-10)14(18)17-11-7-4-8-16-9-11/h1-9,12H,(H2,15,19)(H,17,18). The SMILES string of the molecule is NC(=S)C(C(=O)Nc1cccnc1)c1ccccc1. The van der Waals surface area contributed by atoms with Crippen LogP contribution in [0.25, 0.3) is 0 Å². The lowest BCUT2D eigenvalue weighted by molar-refractivity contribution is -0.116. The second-order valence-electron chi connectivity index (χ2n) is 3.98. The lowest BCUT2D eigenvalue weighted by Crippen LogP contribution is -2.31. The lowest BCUT2D eigenvalue weighted by atomic mass is 9.98. The van der Waals surface area contributed by atoms with Crippen molar-refractivity contribution in [3.8, 4) is 0 Å². The number of nitrogens with two attached hydrogens (primary N) is 1. The van der Waals surface area contributed by atoms with Gasteiger partial charge in [-0.05, 0) is 17.7 Å². The number of anilines is 1. The van der Waals surface area contributed by atoms with E-state index in [1.54, 1.807) is 24.5 Å². The molecule has 3 N–H and O–H groups in total. The lowest BCUT2D eigenvalue weighted by Gasteiger charge is -2.15. The first-order chi connectivity index (χ1) is 9.18. The third-order valence-electron chi connectivity index (χ3n) is 2.61. The number of thiocarbonyl (C=S) groups is 1. The van der Waals surface area contributed by atoms with Crippen molar-refractivity contribution in [3.63, 3.8) is 0 Å². The van der Waals surface area contributed by atoms with E-state index in [2.05, 4.69) is 10.3 Å². The minimum absolute atomic E-state index is 0.146. The maximum Gasteiger partial charge on any atom is 0.238 e. The minimum Gasteiger partial charge on any atom is -0.392 e. The maximum absolute atomic E-state index is 12.2. The molecule has 19 heavy (non-hydrogen) atoms. The van der Waals surface area contributed by atoms with E-state index < -0.39 is 5.92 Å². The van der Waals surface area contributed by atoms with Gasteiger partial charge < -0.3 is 11.1 Å². The number of hydrogen-bond donors (Lipinski definition) is 2. The van der Waals surface area contributed by atoms with E-state index >= 15 is 0 Å². The van der Waals surface area contributed by atoms with E-state index in [-0.39, 0.29) is 10.9 Å². The predicted octanol–water partition coefficient (Wildman–Crippen LogP) is 2.09. The highest BCUT2D eigenvalue weighted by atomic mass is 32.1. The van der Waals surface area contributed by atoms with Gasteiger partial charge in [-0.25, -0.2) is 0 Å². The number of nitrogens with one attached hydrogen (secondary N) is 1. The zero-order valence-corrected chi connectivity index (χ0v) is 10.9. The summed E-state index contributed by atoms with van der Waals surface area (Å²) >= 11 is 4.99. The molecule has 1 heterocycles. The Morgan fingerprint density at radius 1 is 1.21 bits per heavy atom. The van der Waals surface area contributed by atoms with Gasteiger partial charge in [-0.3, -0.25) is 9.78 Å². The molecule has 1 aromatic heterocycles. The number of aromatic nitrogens is 1. The summed E-state index contributed by atoms with van der Waals surface area (Å²) in [5, 5.41) is 2.75. The fourth-order valence-electron chi connectivity index (χ4n) is 1.74. The van der Waals surface area contributed by atoms with Crippen molar-refractivity contribution in [1.29, 1.82) is 0 Å². The molecule has 1 amide bonds. The summed E-state index contributed by atoms with van der Waals surface area (Å²) in [7, 11) is 0. The monoisotopic (exact) mass is 271 g/mol. The number of pyridine rings is 1. The molecule has 4 nitrogen and oxygen atoms in total. The Kier molecular flexibility index (Phi) is 4.20. The summed E-state index contributed by atoms with van der Waals surface area (Å²) in [5.41, 5.74) is 7.07. The van der Waals surface area contributed by atoms with E-state index in [9.17, 15) is 4.79 Å². The smallest absolute Gasteiger partial charge is 0.238 e. The molecule has 2 rings (SSSR count). The van der Waals surface area contributed by atoms with Gasteiger partial charge in [-0.2, -0.15) is 0 Å². The first-order valence-corrected chi connectivity index (χ1v) is 6.14.